The van der Waals surface area contributed by atoms with Crippen LogP contribution in [0.2, 0.25) is 5.02 Å². The summed E-state index contributed by atoms with van der Waals surface area (Å²) in [5, 5.41) is 11.1. The highest BCUT2D eigenvalue weighted by molar-refractivity contribution is 6.31. The first-order valence-electron chi connectivity index (χ1n) is 7.55. The number of hydrogen-bond acceptors (Lipinski definition) is 4. The van der Waals surface area contributed by atoms with Crippen molar-refractivity contribution in [2.45, 2.75) is 19.0 Å². The summed E-state index contributed by atoms with van der Waals surface area (Å²) < 4.78 is 13.8. The van der Waals surface area contributed by atoms with Crippen LogP contribution >= 0.6 is 11.6 Å². The van der Waals surface area contributed by atoms with Crippen molar-refractivity contribution >= 4 is 17.5 Å². The molecule has 0 bridgehead atoms. The zero-order valence-corrected chi connectivity index (χ0v) is 13.2. The number of carbonyl (C=O) groups is 1. The van der Waals surface area contributed by atoms with E-state index >= 15 is 0 Å². The normalized spacial score (nSPS) is 24.5. The molecule has 1 aromatic carbocycles. The molecule has 3 rings (SSSR count). The van der Waals surface area contributed by atoms with Crippen LogP contribution in [0, 0.1) is 21.8 Å². The van der Waals surface area contributed by atoms with E-state index in [9.17, 15) is 19.3 Å². The fourth-order valence-corrected chi connectivity index (χ4v) is 3.17. The van der Waals surface area contributed by atoms with Gasteiger partial charge in [0.05, 0.1) is 0 Å². The van der Waals surface area contributed by atoms with Crippen molar-refractivity contribution in [2.24, 2.45) is 5.92 Å². The third-order valence-corrected chi connectivity index (χ3v) is 4.83. The minimum atomic E-state index is -0.710. The second-order valence-electron chi connectivity index (χ2n) is 6.00. The third-order valence-electron chi connectivity index (χ3n) is 4.47. The van der Waals surface area contributed by atoms with Crippen LogP contribution in [0.25, 0.3) is 0 Å². The van der Waals surface area contributed by atoms with E-state index < -0.39 is 12.0 Å². The SMILES string of the molecule is O=C(C1CC1[N+](=O)[O-])N1CCN(Cc2c(F)cccc2Cl)CC1. The summed E-state index contributed by atoms with van der Waals surface area (Å²) in [4.78, 5) is 26.2. The van der Waals surface area contributed by atoms with E-state index in [1.165, 1.54) is 6.07 Å². The Morgan fingerprint density at radius 2 is 2.04 bits per heavy atom. The van der Waals surface area contributed by atoms with E-state index in [4.69, 9.17) is 11.6 Å². The lowest BCUT2D eigenvalue weighted by atomic mass is 10.1. The fraction of sp³-hybridized carbons (Fsp3) is 0.533. The maximum Gasteiger partial charge on any atom is 0.232 e. The van der Waals surface area contributed by atoms with E-state index in [1.54, 1.807) is 17.0 Å². The molecule has 1 amide bonds. The minimum Gasteiger partial charge on any atom is -0.340 e. The summed E-state index contributed by atoms with van der Waals surface area (Å²) in [7, 11) is 0. The number of halogens is 2. The van der Waals surface area contributed by atoms with E-state index in [0.717, 1.165) is 0 Å². The van der Waals surface area contributed by atoms with Gasteiger partial charge in [0.25, 0.3) is 0 Å². The van der Waals surface area contributed by atoms with Crippen molar-refractivity contribution in [3.05, 3.63) is 44.7 Å². The average molecular weight is 342 g/mol. The molecule has 124 valence electrons. The van der Waals surface area contributed by atoms with Gasteiger partial charge in [0, 0.05) is 54.7 Å². The summed E-state index contributed by atoms with van der Waals surface area (Å²) in [6.07, 6.45) is 0.344. The molecule has 23 heavy (non-hydrogen) atoms. The van der Waals surface area contributed by atoms with Gasteiger partial charge in [-0.3, -0.25) is 19.8 Å². The van der Waals surface area contributed by atoms with Gasteiger partial charge in [-0.1, -0.05) is 17.7 Å². The maximum absolute atomic E-state index is 13.8. The first kappa shape index (κ1) is 16.1. The minimum absolute atomic E-state index is 0.129. The Morgan fingerprint density at radius 1 is 1.35 bits per heavy atom. The predicted molar refractivity (Wildman–Crippen MR) is 82.2 cm³/mol. The Labute approximate surface area is 138 Å². The molecular formula is C15H17ClFN3O3. The van der Waals surface area contributed by atoms with Crippen molar-refractivity contribution in [1.29, 1.82) is 0 Å². The van der Waals surface area contributed by atoms with Gasteiger partial charge in [-0.15, -0.1) is 0 Å². The van der Waals surface area contributed by atoms with Crippen molar-refractivity contribution in [1.82, 2.24) is 9.80 Å². The Hall–Kier alpha value is -1.73. The summed E-state index contributed by atoms with van der Waals surface area (Å²) >= 11 is 6.03. The quantitative estimate of drug-likeness (QED) is 0.618. The van der Waals surface area contributed by atoms with E-state index in [1.807, 2.05) is 4.90 Å². The molecule has 2 atom stereocenters. The molecule has 2 aliphatic rings. The summed E-state index contributed by atoms with van der Waals surface area (Å²) in [6.45, 7) is 2.62. The number of nitrogens with zero attached hydrogens (tertiary/aromatic N) is 3. The molecule has 2 unspecified atom stereocenters. The molecule has 0 radical (unpaired) electrons. The van der Waals surface area contributed by atoms with Crippen LogP contribution in [0.3, 0.4) is 0 Å². The third kappa shape index (κ3) is 3.45. The molecule has 2 fully saturated rings. The smallest absolute Gasteiger partial charge is 0.232 e. The lowest BCUT2D eigenvalue weighted by Crippen LogP contribution is -2.49. The highest BCUT2D eigenvalue weighted by atomic mass is 35.5. The summed E-state index contributed by atoms with van der Waals surface area (Å²) in [6, 6.07) is 3.90. The Balaban J connectivity index is 1.53. The van der Waals surface area contributed by atoms with Gasteiger partial charge in [-0.2, -0.15) is 0 Å². The number of amides is 1. The van der Waals surface area contributed by atoms with Gasteiger partial charge in [0.1, 0.15) is 11.7 Å². The van der Waals surface area contributed by atoms with Crippen LogP contribution in [0.5, 0.6) is 0 Å². The Morgan fingerprint density at radius 3 is 2.61 bits per heavy atom. The molecule has 8 heteroatoms. The molecule has 0 spiro atoms. The zero-order chi connectivity index (χ0) is 16.6. The van der Waals surface area contributed by atoms with Crippen LogP contribution in [-0.2, 0) is 11.3 Å². The van der Waals surface area contributed by atoms with Gasteiger partial charge in [0.2, 0.25) is 11.9 Å². The standard InChI is InChI=1S/C15H17ClFN3O3/c16-12-2-1-3-13(17)11(12)9-18-4-6-19(7-5-18)15(21)10-8-14(10)20(22)23/h1-3,10,14H,4-9H2. The molecule has 0 aromatic heterocycles. The Kier molecular flexibility index (Phi) is 4.50. The van der Waals surface area contributed by atoms with Gasteiger partial charge < -0.3 is 4.90 Å². The average Bonchev–Trinajstić information content (AvgIpc) is 3.32. The lowest BCUT2D eigenvalue weighted by Gasteiger charge is -2.35. The summed E-state index contributed by atoms with van der Waals surface area (Å²) in [5.41, 5.74) is 0.463. The molecule has 1 saturated heterocycles. The van der Waals surface area contributed by atoms with Crippen molar-refractivity contribution in [2.75, 3.05) is 26.2 Å². The summed E-state index contributed by atoms with van der Waals surface area (Å²) in [5.74, 6) is -0.921. The largest absolute Gasteiger partial charge is 0.340 e. The van der Waals surface area contributed by atoms with Gasteiger partial charge >= 0.3 is 0 Å². The Bertz CT molecular complexity index is 614. The number of hydrogen-bond donors (Lipinski definition) is 0. The van der Waals surface area contributed by atoms with Crippen LogP contribution < -0.4 is 0 Å². The lowest BCUT2D eigenvalue weighted by molar-refractivity contribution is -0.497. The second kappa shape index (κ2) is 6.41. The molecule has 6 nitrogen and oxygen atoms in total. The number of benzene rings is 1. The van der Waals surface area contributed by atoms with Crippen LogP contribution in [0.15, 0.2) is 18.2 Å². The number of piperazine rings is 1. The maximum atomic E-state index is 13.8. The zero-order valence-electron chi connectivity index (χ0n) is 12.5. The molecule has 1 heterocycles. The van der Waals surface area contributed by atoms with Crippen LogP contribution in [0.1, 0.15) is 12.0 Å². The second-order valence-corrected chi connectivity index (χ2v) is 6.40. The molecular weight excluding hydrogens is 325 g/mol. The van der Waals surface area contributed by atoms with Crippen molar-refractivity contribution in [3.8, 4) is 0 Å². The molecule has 1 aliphatic heterocycles. The highest BCUT2D eigenvalue weighted by Crippen LogP contribution is 2.35. The van der Waals surface area contributed by atoms with Crippen LogP contribution in [0.4, 0.5) is 4.39 Å². The van der Waals surface area contributed by atoms with Gasteiger partial charge in [-0.05, 0) is 12.1 Å². The molecule has 1 aromatic rings. The van der Waals surface area contributed by atoms with Gasteiger partial charge in [0.15, 0.2) is 0 Å². The van der Waals surface area contributed by atoms with Crippen molar-refractivity contribution in [3.63, 3.8) is 0 Å². The highest BCUT2D eigenvalue weighted by Gasteiger charge is 2.54. The van der Waals surface area contributed by atoms with Crippen LogP contribution in [-0.4, -0.2) is 52.9 Å². The fourth-order valence-electron chi connectivity index (χ4n) is 2.95. The number of nitro groups is 1. The monoisotopic (exact) mass is 341 g/mol. The van der Waals surface area contributed by atoms with E-state index in [2.05, 4.69) is 0 Å². The molecule has 1 aliphatic carbocycles. The molecule has 0 N–H and O–H groups in total. The van der Waals surface area contributed by atoms with Gasteiger partial charge in [-0.25, -0.2) is 4.39 Å². The predicted octanol–water partition coefficient (Wildman–Crippen LogP) is 1.79. The first-order valence-corrected chi connectivity index (χ1v) is 7.92. The topological polar surface area (TPSA) is 66.7 Å². The number of rotatable bonds is 4. The van der Waals surface area contributed by atoms with E-state index in [0.29, 0.717) is 49.7 Å². The first-order chi connectivity index (χ1) is 11.0. The van der Waals surface area contributed by atoms with Crippen molar-refractivity contribution < 1.29 is 14.1 Å². The molecule has 1 saturated carbocycles. The number of carbonyl (C=O) groups excluding carboxylic acids is 1. The van der Waals surface area contributed by atoms with E-state index in [-0.39, 0.29) is 16.6 Å².